The van der Waals surface area contributed by atoms with E-state index in [1.165, 1.54) is 4.90 Å². The Balaban J connectivity index is 0.00000420. The van der Waals surface area contributed by atoms with Gasteiger partial charge in [-0.15, -0.1) is 12.4 Å². The highest BCUT2D eigenvalue weighted by molar-refractivity contribution is 7.87. The van der Waals surface area contributed by atoms with Gasteiger partial charge in [-0.2, -0.15) is 13.1 Å². The third-order valence-electron chi connectivity index (χ3n) is 6.77. The van der Waals surface area contributed by atoms with Crippen LogP contribution in [-0.4, -0.2) is 43.8 Å². The number of hydrogen-bond acceptors (Lipinski definition) is 5. The van der Waals surface area contributed by atoms with Crippen molar-refractivity contribution < 1.29 is 18.0 Å². The third-order valence-corrected chi connectivity index (χ3v) is 7.35. The number of carbonyl (C=O) groups is 2. The number of benzene rings is 3. The fraction of sp³-hybridized carbons (Fsp3) is 0.286. The summed E-state index contributed by atoms with van der Waals surface area (Å²) in [7, 11) is -4.26. The van der Waals surface area contributed by atoms with Gasteiger partial charge >= 0.3 is 0 Å². The number of likely N-dealkylation sites (tertiary alicyclic amines) is 1. The number of nitrogens with one attached hydrogen (secondary N) is 2. The molecule has 4 rings (SSSR count). The number of amides is 2. The zero-order valence-corrected chi connectivity index (χ0v) is 23.0. The summed E-state index contributed by atoms with van der Waals surface area (Å²) in [5.74, 6) is -1.45. The van der Waals surface area contributed by atoms with E-state index >= 15 is 0 Å². The van der Waals surface area contributed by atoms with Crippen LogP contribution in [0.5, 0.6) is 0 Å². The lowest BCUT2D eigenvalue weighted by Crippen LogP contribution is -2.56. The van der Waals surface area contributed by atoms with Crippen molar-refractivity contribution in [2.75, 3.05) is 6.54 Å². The molecule has 1 heterocycles. The van der Waals surface area contributed by atoms with Crippen molar-refractivity contribution in [1.29, 1.82) is 0 Å². The van der Waals surface area contributed by atoms with E-state index in [-0.39, 0.29) is 18.3 Å². The number of rotatable bonds is 10. The standard InChI is InChI=1S/C28H33N5O4S.ClH/c29-18-20-13-15-21(16-14-20)19-31-27(34)24-12-7-17-33(24)28(35)26(32-38(30,36)37)25(22-8-3-1-4-9-22)23-10-5-2-6-11-23;/h1-6,8-11,13-16,24-26,32H,7,12,17-19,29H2,(H,31,34)(H2,30,36,37);1H/t24-,26+;/m0./s1. The maximum Gasteiger partial charge on any atom is 0.275 e. The van der Waals surface area contributed by atoms with Crippen molar-refractivity contribution >= 4 is 34.4 Å². The Morgan fingerprint density at radius 3 is 1.95 bits per heavy atom. The van der Waals surface area contributed by atoms with Crippen molar-refractivity contribution in [3.63, 3.8) is 0 Å². The van der Waals surface area contributed by atoms with Crippen molar-refractivity contribution in [1.82, 2.24) is 14.9 Å². The molecule has 3 aromatic rings. The van der Waals surface area contributed by atoms with Crippen LogP contribution in [0.4, 0.5) is 0 Å². The summed E-state index contributed by atoms with van der Waals surface area (Å²) in [6, 6.07) is 24.0. The molecule has 2 amide bonds. The molecule has 0 radical (unpaired) electrons. The highest BCUT2D eigenvalue weighted by Gasteiger charge is 2.41. The van der Waals surface area contributed by atoms with Crippen LogP contribution in [-0.2, 0) is 32.9 Å². The van der Waals surface area contributed by atoms with Crippen molar-refractivity contribution in [3.05, 3.63) is 107 Å². The second kappa shape index (κ2) is 13.7. The Morgan fingerprint density at radius 2 is 1.44 bits per heavy atom. The monoisotopic (exact) mass is 571 g/mol. The molecule has 39 heavy (non-hydrogen) atoms. The molecule has 1 aliphatic rings. The van der Waals surface area contributed by atoms with Crippen LogP contribution in [0.1, 0.15) is 41.0 Å². The molecule has 208 valence electrons. The number of nitrogens with zero attached hydrogens (tertiary/aromatic N) is 1. The molecule has 0 aliphatic carbocycles. The summed E-state index contributed by atoms with van der Waals surface area (Å²) >= 11 is 0. The largest absolute Gasteiger partial charge is 0.350 e. The molecule has 11 heteroatoms. The van der Waals surface area contributed by atoms with Gasteiger partial charge in [0.2, 0.25) is 11.8 Å². The predicted molar refractivity (Wildman–Crippen MR) is 153 cm³/mol. The first-order chi connectivity index (χ1) is 18.3. The van der Waals surface area contributed by atoms with Crippen LogP contribution in [0, 0.1) is 0 Å². The second-order valence-electron chi connectivity index (χ2n) is 9.37. The Hall–Kier alpha value is -3.28. The fourth-order valence-electron chi connectivity index (χ4n) is 4.92. The smallest absolute Gasteiger partial charge is 0.275 e. The zero-order chi connectivity index (χ0) is 27.1. The number of halogens is 1. The van der Waals surface area contributed by atoms with E-state index in [1.807, 2.05) is 84.9 Å². The Kier molecular flexibility index (Phi) is 10.6. The summed E-state index contributed by atoms with van der Waals surface area (Å²) in [5.41, 5.74) is 9.04. The molecule has 3 aromatic carbocycles. The molecule has 1 saturated heterocycles. The summed E-state index contributed by atoms with van der Waals surface area (Å²) in [6.07, 6.45) is 1.10. The van der Waals surface area contributed by atoms with Gasteiger partial charge in [-0.05, 0) is 35.1 Å². The quantitative estimate of drug-likeness (QED) is 0.294. The zero-order valence-electron chi connectivity index (χ0n) is 21.4. The first-order valence-corrected chi connectivity index (χ1v) is 14.1. The molecule has 6 N–H and O–H groups in total. The molecule has 0 unspecified atom stereocenters. The number of nitrogens with two attached hydrogens (primary N) is 2. The summed E-state index contributed by atoms with van der Waals surface area (Å²) in [4.78, 5) is 28.7. The molecule has 0 saturated carbocycles. The summed E-state index contributed by atoms with van der Waals surface area (Å²) < 4.78 is 26.9. The molecule has 9 nitrogen and oxygen atoms in total. The van der Waals surface area contributed by atoms with Gasteiger partial charge in [0.25, 0.3) is 10.2 Å². The minimum Gasteiger partial charge on any atom is -0.350 e. The first-order valence-electron chi connectivity index (χ1n) is 12.5. The number of hydrogen-bond donors (Lipinski definition) is 4. The molecule has 0 aromatic heterocycles. The van der Waals surface area contributed by atoms with Gasteiger partial charge in [-0.25, -0.2) is 5.14 Å². The highest BCUT2D eigenvalue weighted by Crippen LogP contribution is 2.31. The van der Waals surface area contributed by atoms with Crippen molar-refractivity contribution in [3.8, 4) is 0 Å². The molecular formula is C28H34ClN5O4S. The average Bonchev–Trinajstić information content (AvgIpc) is 3.42. The highest BCUT2D eigenvalue weighted by atomic mass is 35.5. The summed E-state index contributed by atoms with van der Waals surface area (Å²) in [6.45, 7) is 1.07. The first kappa shape index (κ1) is 30.3. The van der Waals surface area contributed by atoms with Crippen LogP contribution >= 0.6 is 12.4 Å². The Labute approximate surface area is 235 Å². The SMILES string of the molecule is Cl.NCc1ccc(CNC(=O)[C@@H]2CCCN2C(=O)[C@H](NS(N)(=O)=O)C(c2ccccc2)c2ccccc2)cc1. The van der Waals surface area contributed by atoms with Gasteiger partial charge in [-0.1, -0.05) is 84.9 Å². The van der Waals surface area contributed by atoms with Crippen LogP contribution in [0.25, 0.3) is 0 Å². The minimum absolute atomic E-state index is 0. The molecular weight excluding hydrogens is 538 g/mol. The average molecular weight is 572 g/mol. The third kappa shape index (κ3) is 7.87. The molecule has 2 atom stereocenters. The molecule has 1 fully saturated rings. The van der Waals surface area contributed by atoms with Gasteiger partial charge < -0.3 is 16.0 Å². The molecule has 1 aliphatic heterocycles. The lowest BCUT2D eigenvalue weighted by atomic mass is 9.84. The molecule has 0 bridgehead atoms. The predicted octanol–water partition coefficient (Wildman–Crippen LogP) is 2.17. The van der Waals surface area contributed by atoms with Crippen LogP contribution in [0.2, 0.25) is 0 Å². The van der Waals surface area contributed by atoms with Gasteiger partial charge in [0, 0.05) is 25.6 Å². The fourth-order valence-corrected chi connectivity index (χ4v) is 5.51. The van der Waals surface area contributed by atoms with E-state index in [9.17, 15) is 18.0 Å². The van der Waals surface area contributed by atoms with E-state index in [4.69, 9.17) is 10.9 Å². The van der Waals surface area contributed by atoms with Crippen LogP contribution in [0.15, 0.2) is 84.9 Å². The van der Waals surface area contributed by atoms with Crippen molar-refractivity contribution in [2.24, 2.45) is 10.9 Å². The lowest BCUT2D eigenvalue weighted by molar-refractivity contribution is -0.140. The van der Waals surface area contributed by atoms with E-state index in [0.29, 0.717) is 32.5 Å². The van der Waals surface area contributed by atoms with Gasteiger partial charge in [-0.3, -0.25) is 9.59 Å². The topological polar surface area (TPSA) is 148 Å². The lowest BCUT2D eigenvalue weighted by Gasteiger charge is -2.33. The summed E-state index contributed by atoms with van der Waals surface area (Å²) in [5, 5.41) is 8.31. The van der Waals surface area contributed by atoms with Gasteiger partial charge in [0.1, 0.15) is 12.1 Å². The maximum atomic E-state index is 14.0. The van der Waals surface area contributed by atoms with Gasteiger partial charge in [0.05, 0.1) is 0 Å². The van der Waals surface area contributed by atoms with E-state index in [2.05, 4.69) is 10.0 Å². The van der Waals surface area contributed by atoms with Crippen molar-refractivity contribution in [2.45, 2.75) is 43.9 Å². The van der Waals surface area contributed by atoms with E-state index in [1.54, 1.807) is 0 Å². The normalized spacial score (nSPS) is 16.0. The Bertz CT molecular complexity index is 1300. The second-order valence-corrected chi connectivity index (χ2v) is 10.7. The number of carbonyl (C=O) groups excluding carboxylic acids is 2. The van der Waals surface area contributed by atoms with Gasteiger partial charge in [0.15, 0.2) is 0 Å². The Morgan fingerprint density at radius 1 is 0.897 bits per heavy atom. The maximum absolute atomic E-state index is 14.0. The van der Waals surface area contributed by atoms with Crippen LogP contribution in [0.3, 0.4) is 0 Å². The van der Waals surface area contributed by atoms with E-state index < -0.39 is 34.1 Å². The van der Waals surface area contributed by atoms with Crippen LogP contribution < -0.4 is 20.9 Å². The van der Waals surface area contributed by atoms with E-state index in [0.717, 1.165) is 22.3 Å². The molecule has 0 spiro atoms. The minimum atomic E-state index is -4.26.